The van der Waals surface area contributed by atoms with Crippen LogP contribution in [0.15, 0.2) is 29.2 Å². The SMILES string of the molecule is CCN(CC(C)C(=O)O)C(=O)C1CSc2ccccc21. The van der Waals surface area contributed by atoms with E-state index in [1.165, 1.54) is 0 Å². The van der Waals surface area contributed by atoms with Crippen LogP contribution in [0.2, 0.25) is 0 Å². The van der Waals surface area contributed by atoms with Gasteiger partial charge in [-0.1, -0.05) is 25.1 Å². The summed E-state index contributed by atoms with van der Waals surface area (Å²) in [6, 6.07) is 7.94. The fraction of sp³-hybridized carbons (Fsp3) is 0.467. The summed E-state index contributed by atoms with van der Waals surface area (Å²) < 4.78 is 0. The van der Waals surface area contributed by atoms with Crippen LogP contribution >= 0.6 is 11.8 Å². The van der Waals surface area contributed by atoms with Gasteiger partial charge in [0.25, 0.3) is 0 Å². The lowest BCUT2D eigenvalue weighted by Gasteiger charge is -2.26. The standard InChI is InChI=1S/C15H19NO3S/c1-3-16(8-10(2)15(18)19)14(17)12-9-20-13-7-5-4-6-11(12)13/h4-7,10,12H,3,8-9H2,1-2H3,(H,18,19). The summed E-state index contributed by atoms with van der Waals surface area (Å²) in [6.07, 6.45) is 0. The molecule has 0 saturated carbocycles. The monoisotopic (exact) mass is 293 g/mol. The molecule has 1 amide bonds. The van der Waals surface area contributed by atoms with Gasteiger partial charge in [-0.3, -0.25) is 9.59 Å². The van der Waals surface area contributed by atoms with Crippen LogP contribution in [-0.2, 0) is 9.59 Å². The van der Waals surface area contributed by atoms with E-state index < -0.39 is 11.9 Å². The Bertz CT molecular complexity index is 518. The number of hydrogen-bond donors (Lipinski definition) is 1. The molecule has 1 heterocycles. The lowest BCUT2D eigenvalue weighted by molar-refractivity contribution is -0.143. The average Bonchev–Trinajstić information content (AvgIpc) is 2.87. The molecule has 1 aliphatic heterocycles. The molecule has 20 heavy (non-hydrogen) atoms. The molecule has 0 aromatic heterocycles. The molecule has 1 aliphatic rings. The number of thioether (sulfide) groups is 1. The first kappa shape index (κ1) is 14.9. The Hall–Kier alpha value is -1.49. The minimum atomic E-state index is -0.863. The molecular weight excluding hydrogens is 274 g/mol. The maximum atomic E-state index is 12.6. The molecule has 2 atom stereocenters. The Kier molecular flexibility index (Phi) is 4.70. The number of fused-ring (bicyclic) bond motifs is 1. The molecule has 5 heteroatoms. The van der Waals surface area contributed by atoms with Crippen molar-refractivity contribution < 1.29 is 14.7 Å². The Morgan fingerprint density at radius 3 is 2.80 bits per heavy atom. The third-order valence-electron chi connectivity index (χ3n) is 3.61. The van der Waals surface area contributed by atoms with Gasteiger partial charge in [-0.2, -0.15) is 0 Å². The summed E-state index contributed by atoms with van der Waals surface area (Å²) in [4.78, 5) is 26.4. The van der Waals surface area contributed by atoms with E-state index in [9.17, 15) is 9.59 Å². The van der Waals surface area contributed by atoms with E-state index >= 15 is 0 Å². The maximum Gasteiger partial charge on any atom is 0.308 e. The van der Waals surface area contributed by atoms with Crippen LogP contribution in [0.5, 0.6) is 0 Å². The fourth-order valence-electron chi connectivity index (χ4n) is 2.37. The zero-order chi connectivity index (χ0) is 14.7. The number of benzene rings is 1. The molecule has 1 aromatic rings. The molecule has 1 aromatic carbocycles. The summed E-state index contributed by atoms with van der Waals surface area (Å²) in [6.45, 7) is 4.34. The Balaban J connectivity index is 2.12. The highest BCUT2D eigenvalue weighted by molar-refractivity contribution is 7.99. The van der Waals surface area contributed by atoms with Gasteiger partial charge < -0.3 is 10.0 Å². The third kappa shape index (κ3) is 2.98. The van der Waals surface area contributed by atoms with Crippen LogP contribution in [0.25, 0.3) is 0 Å². The highest BCUT2D eigenvalue weighted by Crippen LogP contribution is 2.40. The van der Waals surface area contributed by atoms with Crippen molar-refractivity contribution in [2.45, 2.75) is 24.7 Å². The van der Waals surface area contributed by atoms with Crippen molar-refractivity contribution >= 4 is 23.6 Å². The number of nitrogens with zero attached hydrogens (tertiary/aromatic N) is 1. The molecule has 0 bridgehead atoms. The van der Waals surface area contributed by atoms with Crippen LogP contribution in [0, 0.1) is 5.92 Å². The number of carbonyl (C=O) groups excluding carboxylic acids is 1. The maximum absolute atomic E-state index is 12.6. The van der Waals surface area contributed by atoms with Crippen molar-refractivity contribution in [1.29, 1.82) is 0 Å². The van der Waals surface area contributed by atoms with Gasteiger partial charge in [0.1, 0.15) is 0 Å². The molecule has 0 spiro atoms. The van der Waals surface area contributed by atoms with Crippen molar-refractivity contribution in [2.24, 2.45) is 5.92 Å². The van der Waals surface area contributed by atoms with Crippen molar-refractivity contribution in [3.63, 3.8) is 0 Å². The molecule has 2 rings (SSSR count). The topological polar surface area (TPSA) is 57.6 Å². The van der Waals surface area contributed by atoms with E-state index in [1.54, 1.807) is 23.6 Å². The van der Waals surface area contributed by atoms with Gasteiger partial charge in [-0.15, -0.1) is 11.8 Å². The highest BCUT2D eigenvalue weighted by atomic mass is 32.2. The van der Waals surface area contributed by atoms with Gasteiger partial charge in [0.05, 0.1) is 11.8 Å². The first-order chi connectivity index (χ1) is 9.54. The Morgan fingerprint density at radius 1 is 1.45 bits per heavy atom. The van der Waals surface area contributed by atoms with E-state index in [-0.39, 0.29) is 18.4 Å². The number of amides is 1. The number of carbonyl (C=O) groups is 2. The largest absolute Gasteiger partial charge is 0.481 e. The molecule has 0 radical (unpaired) electrons. The summed E-state index contributed by atoms with van der Waals surface area (Å²) >= 11 is 1.69. The lowest BCUT2D eigenvalue weighted by Crippen LogP contribution is -2.39. The number of carboxylic acid groups (broad SMARTS) is 1. The van der Waals surface area contributed by atoms with Gasteiger partial charge in [0.2, 0.25) is 5.91 Å². The Labute approximate surface area is 123 Å². The van der Waals surface area contributed by atoms with Crippen LogP contribution in [0.1, 0.15) is 25.3 Å². The zero-order valence-electron chi connectivity index (χ0n) is 11.7. The molecule has 1 N–H and O–H groups in total. The van der Waals surface area contributed by atoms with Gasteiger partial charge in [0, 0.05) is 23.7 Å². The summed E-state index contributed by atoms with van der Waals surface area (Å²) in [5.74, 6) is -0.758. The summed E-state index contributed by atoms with van der Waals surface area (Å²) in [5, 5.41) is 8.99. The number of aliphatic carboxylic acids is 1. The summed E-state index contributed by atoms with van der Waals surface area (Å²) in [7, 11) is 0. The van der Waals surface area contributed by atoms with Gasteiger partial charge in [-0.05, 0) is 18.6 Å². The lowest BCUT2D eigenvalue weighted by atomic mass is 9.99. The van der Waals surface area contributed by atoms with E-state index in [0.29, 0.717) is 6.54 Å². The molecular formula is C15H19NO3S. The van der Waals surface area contributed by atoms with E-state index in [4.69, 9.17) is 5.11 Å². The van der Waals surface area contributed by atoms with Crippen LogP contribution in [-0.4, -0.2) is 40.7 Å². The smallest absolute Gasteiger partial charge is 0.308 e. The van der Waals surface area contributed by atoms with E-state index in [0.717, 1.165) is 16.2 Å². The second-order valence-corrected chi connectivity index (χ2v) is 6.08. The first-order valence-electron chi connectivity index (χ1n) is 6.78. The van der Waals surface area contributed by atoms with Gasteiger partial charge in [-0.25, -0.2) is 0 Å². The van der Waals surface area contributed by atoms with Crippen molar-refractivity contribution in [1.82, 2.24) is 4.90 Å². The van der Waals surface area contributed by atoms with E-state index in [1.807, 2.05) is 31.2 Å². The van der Waals surface area contributed by atoms with Crippen molar-refractivity contribution in [3.05, 3.63) is 29.8 Å². The van der Waals surface area contributed by atoms with Crippen molar-refractivity contribution in [3.8, 4) is 0 Å². The van der Waals surface area contributed by atoms with Gasteiger partial charge >= 0.3 is 5.97 Å². The average molecular weight is 293 g/mol. The quantitative estimate of drug-likeness (QED) is 0.906. The molecule has 108 valence electrons. The molecule has 0 saturated heterocycles. The molecule has 4 nitrogen and oxygen atoms in total. The molecule has 0 fully saturated rings. The number of hydrogen-bond acceptors (Lipinski definition) is 3. The third-order valence-corrected chi connectivity index (χ3v) is 4.79. The highest BCUT2D eigenvalue weighted by Gasteiger charge is 2.32. The molecule has 0 aliphatic carbocycles. The normalized spacial score (nSPS) is 18.4. The molecule has 2 unspecified atom stereocenters. The van der Waals surface area contributed by atoms with Crippen LogP contribution in [0.3, 0.4) is 0 Å². The predicted molar refractivity (Wildman–Crippen MR) is 79.0 cm³/mol. The predicted octanol–water partition coefficient (Wildman–Crippen LogP) is 2.45. The minimum Gasteiger partial charge on any atom is -0.481 e. The van der Waals surface area contributed by atoms with Crippen LogP contribution in [0.4, 0.5) is 0 Å². The number of likely N-dealkylation sites (N-methyl/N-ethyl adjacent to an activating group) is 1. The second kappa shape index (κ2) is 6.31. The Morgan fingerprint density at radius 2 is 2.15 bits per heavy atom. The number of rotatable bonds is 5. The fourth-order valence-corrected chi connectivity index (χ4v) is 3.59. The van der Waals surface area contributed by atoms with E-state index in [2.05, 4.69) is 0 Å². The first-order valence-corrected chi connectivity index (χ1v) is 7.76. The van der Waals surface area contributed by atoms with Crippen molar-refractivity contribution in [2.75, 3.05) is 18.8 Å². The number of carboxylic acids is 1. The zero-order valence-corrected chi connectivity index (χ0v) is 12.5. The second-order valence-electron chi connectivity index (χ2n) is 5.02. The van der Waals surface area contributed by atoms with Crippen LogP contribution < -0.4 is 0 Å². The van der Waals surface area contributed by atoms with Gasteiger partial charge in [0.15, 0.2) is 0 Å². The summed E-state index contributed by atoms with van der Waals surface area (Å²) in [5.41, 5.74) is 1.07. The minimum absolute atomic E-state index is 0.0399.